The Morgan fingerprint density at radius 3 is 2.18 bits per heavy atom. The number of nitrogens with one attached hydrogen (secondary N) is 1. The molecule has 0 unspecified atom stereocenters. The molecular weight excluding hydrogens is 138 g/mol. The number of rotatable bonds is 2. The maximum absolute atomic E-state index is 10.7. The molecule has 0 aliphatic rings. The summed E-state index contributed by atoms with van der Waals surface area (Å²) in [6.07, 6.45) is 0. The maximum atomic E-state index is 10.7. The molecule has 1 aromatic carbocycles. The van der Waals surface area contributed by atoms with E-state index < -0.39 is 0 Å². The van der Waals surface area contributed by atoms with Gasteiger partial charge in [0.2, 0.25) is 0 Å². The lowest BCUT2D eigenvalue weighted by Crippen LogP contribution is -2.08. The zero-order valence-electron chi connectivity index (χ0n) is 6.79. The smallest absolute Gasteiger partial charge is 0.178 e. The molecular formula is C9H12NO. The second-order valence-electron chi connectivity index (χ2n) is 2.82. The highest BCUT2D eigenvalue weighted by atomic mass is 16.3. The number of hydrogen-bond acceptors (Lipinski definition) is 1. The van der Waals surface area contributed by atoms with Crippen molar-refractivity contribution in [3.05, 3.63) is 24.3 Å². The molecule has 0 bridgehead atoms. The van der Waals surface area contributed by atoms with E-state index in [1.807, 2.05) is 0 Å². The molecule has 0 fully saturated rings. The quantitative estimate of drug-likeness (QED) is 0.690. The van der Waals surface area contributed by atoms with Crippen LogP contribution in [0.3, 0.4) is 0 Å². The van der Waals surface area contributed by atoms with Crippen molar-refractivity contribution in [3.63, 3.8) is 0 Å². The van der Waals surface area contributed by atoms with Crippen molar-refractivity contribution in [2.75, 3.05) is 5.32 Å². The van der Waals surface area contributed by atoms with E-state index in [4.69, 9.17) is 0 Å². The van der Waals surface area contributed by atoms with Gasteiger partial charge < -0.3 is 5.32 Å². The lowest BCUT2D eigenvalue weighted by Gasteiger charge is -2.08. The fourth-order valence-corrected chi connectivity index (χ4v) is 0.884. The molecule has 2 heteroatoms. The van der Waals surface area contributed by atoms with Gasteiger partial charge in [-0.15, -0.1) is 0 Å². The molecule has 0 atom stereocenters. The van der Waals surface area contributed by atoms with Gasteiger partial charge >= 0.3 is 0 Å². The first-order valence-corrected chi connectivity index (χ1v) is 3.72. The van der Waals surface area contributed by atoms with Crippen LogP contribution in [-0.4, -0.2) is 6.04 Å². The molecule has 1 N–H and O–H groups in total. The van der Waals surface area contributed by atoms with Gasteiger partial charge in [-0.3, -0.25) is 5.11 Å². The molecule has 0 spiro atoms. The van der Waals surface area contributed by atoms with Crippen LogP contribution in [0.4, 0.5) is 5.69 Å². The molecule has 0 saturated heterocycles. The molecule has 11 heavy (non-hydrogen) atoms. The van der Waals surface area contributed by atoms with E-state index in [-0.39, 0.29) is 5.75 Å². The summed E-state index contributed by atoms with van der Waals surface area (Å²) in [5, 5.41) is 13.9. The van der Waals surface area contributed by atoms with Crippen molar-refractivity contribution >= 4 is 5.69 Å². The average molecular weight is 150 g/mol. The van der Waals surface area contributed by atoms with Crippen LogP contribution in [0.15, 0.2) is 24.3 Å². The molecule has 1 rings (SSSR count). The summed E-state index contributed by atoms with van der Waals surface area (Å²) in [4.78, 5) is 0. The number of anilines is 1. The highest BCUT2D eigenvalue weighted by Crippen LogP contribution is 2.14. The summed E-state index contributed by atoms with van der Waals surface area (Å²) >= 11 is 0. The summed E-state index contributed by atoms with van der Waals surface area (Å²) in [7, 11) is 0. The first-order chi connectivity index (χ1) is 5.18. The first kappa shape index (κ1) is 7.92. The molecule has 0 aliphatic heterocycles. The number of benzene rings is 1. The van der Waals surface area contributed by atoms with Gasteiger partial charge in [-0.05, 0) is 38.1 Å². The largest absolute Gasteiger partial charge is 0.383 e. The van der Waals surface area contributed by atoms with E-state index in [1.165, 1.54) is 0 Å². The van der Waals surface area contributed by atoms with E-state index in [1.54, 1.807) is 24.3 Å². The van der Waals surface area contributed by atoms with E-state index in [0.717, 1.165) is 5.69 Å². The van der Waals surface area contributed by atoms with E-state index in [0.29, 0.717) is 6.04 Å². The van der Waals surface area contributed by atoms with Crippen molar-refractivity contribution in [1.82, 2.24) is 0 Å². The van der Waals surface area contributed by atoms with Gasteiger partial charge in [0, 0.05) is 11.7 Å². The van der Waals surface area contributed by atoms with Gasteiger partial charge in [-0.25, -0.2) is 0 Å². The summed E-state index contributed by atoms with van der Waals surface area (Å²) < 4.78 is 0. The van der Waals surface area contributed by atoms with Gasteiger partial charge in [0.1, 0.15) is 0 Å². The Labute approximate surface area is 66.9 Å². The molecule has 0 heterocycles. The third kappa shape index (κ3) is 2.50. The Balaban J connectivity index is 2.66. The van der Waals surface area contributed by atoms with E-state index in [2.05, 4.69) is 19.2 Å². The third-order valence-corrected chi connectivity index (χ3v) is 1.31. The topological polar surface area (TPSA) is 31.9 Å². The minimum atomic E-state index is 0.0549. The van der Waals surface area contributed by atoms with Gasteiger partial charge in [-0.1, -0.05) is 0 Å². The van der Waals surface area contributed by atoms with Crippen LogP contribution in [0, 0.1) is 0 Å². The Bertz CT molecular complexity index is 216. The lowest BCUT2D eigenvalue weighted by molar-refractivity contribution is 0.355. The predicted molar refractivity (Wildman–Crippen MR) is 45.3 cm³/mol. The highest BCUT2D eigenvalue weighted by Gasteiger charge is 1.94. The molecule has 0 saturated carbocycles. The molecule has 0 aromatic heterocycles. The number of hydrogen-bond donors (Lipinski definition) is 1. The summed E-state index contributed by atoms with van der Waals surface area (Å²) in [5.74, 6) is 0.0549. The van der Waals surface area contributed by atoms with Gasteiger partial charge in [0.05, 0.1) is 0 Å². The average Bonchev–Trinajstić information content (AvgIpc) is 1.93. The van der Waals surface area contributed by atoms with Crippen LogP contribution in [0.1, 0.15) is 13.8 Å². The van der Waals surface area contributed by atoms with Crippen LogP contribution in [0.25, 0.3) is 0 Å². The van der Waals surface area contributed by atoms with Crippen molar-refractivity contribution in [3.8, 4) is 5.75 Å². The zero-order chi connectivity index (χ0) is 8.27. The molecule has 1 radical (unpaired) electrons. The van der Waals surface area contributed by atoms with Gasteiger partial charge in [0.25, 0.3) is 0 Å². The van der Waals surface area contributed by atoms with Gasteiger partial charge in [-0.2, -0.15) is 0 Å². The minimum Gasteiger partial charge on any atom is -0.383 e. The Hall–Kier alpha value is -1.18. The molecule has 0 amide bonds. The SMILES string of the molecule is CC(C)Nc1ccc([O])cc1. The van der Waals surface area contributed by atoms with Crippen LogP contribution in [0.2, 0.25) is 0 Å². The van der Waals surface area contributed by atoms with Crippen molar-refractivity contribution in [2.24, 2.45) is 0 Å². The second-order valence-corrected chi connectivity index (χ2v) is 2.82. The third-order valence-electron chi connectivity index (χ3n) is 1.31. The summed E-state index contributed by atoms with van der Waals surface area (Å²) in [6.45, 7) is 4.12. The first-order valence-electron chi connectivity index (χ1n) is 3.72. The fourth-order valence-electron chi connectivity index (χ4n) is 0.884. The second kappa shape index (κ2) is 3.28. The normalized spacial score (nSPS) is 10.1. The van der Waals surface area contributed by atoms with Crippen LogP contribution < -0.4 is 5.32 Å². The minimum absolute atomic E-state index is 0.0549. The molecule has 2 nitrogen and oxygen atoms in total. The summed E-state index contributed by atoms with van der Waals surface area (Å²) in [5.41, 5.74) is 1.000. The lowest BCUT2D eigenvalue weighted by atomic mass is 10.3. The van der Waals surface area contributed by atoms with Crippen LogP contribution in [-0.2, 0) is 5.11 Å². The van der Waals surface area contributed by atoms with Crippen molar-refractivity contribution in [2.45, 2.75) is 19.9 Å². The fraction of sp³-hybridized carbons (Fsp3) is 0.333. The Kier molecular flexibility index (Phi) is 2.36. The van der Waals surface area contributed by atoms with E-state index in [9.17, 15) is 5.11 Å². The zero-order valence-corrected chi connectivity index (χ0v) is 6.79. The van der Waals surface area contributed by atoms with E-state index >= 15 is 0 Å². The Morgan fingerprint density at radius 1 is 1.18 bits per heavy atom. The predicted octanol–water partition coefficient (Wildman–Crippen LogP) is 2.65. The standard InChI is InChI=1S/C9H12NO/c1-7(2)10-8-3-5-9(11)6-4-8/h3-7,10H,1-2H3. The van der Waals surface area contributed by atoms with Crippen molar-refractivity contribution in [1.29, 1.82) is 0 Å². The maximum Gasteiger partial charge on any atom is 0.178 e. The van der Waals surface area contributed by atoms with Crippen LogP contribution in [0.5, 0.6) is 5.75 Å². The molecule has 59 valence electrons. The molecule has 1 aromatic rings. The monoisotopic (exact) mass is 150 g/mol. The van der Waals surface area contributed by atoms with Crippen LogP contribution >= 0.6 is 0 Å². The highest BCUT2D eigenvalue weighted by molar-refractivity contribution is 5.46. The van der Waals surface area contributed by atoms with Crippen molar-refractivity contribution < 1.29 is 5.11 Å². The Morgan fingerprint density at radius 2 is 1.73 bits per heavy atom. The van der Waals surface area contributed by atoms with Gasteiger partial charge in [0.15, 0.2) is 5.75 Å². The molecule has 0 aliphatic carbocycles. The summed E-state index contributed by atoms with van der Waals surface area (Å²) in [6, 6.07) is 7.12.